The highest BCUT2D eigenvalue weighted by atomic mass is 19.2. The van der Waals surface area contributed by atoms with Crippen LogP contribution in [0.1, 0.15) is 50.2 Å². The zero-order valence-electron chi connectivity index (χ0n) is 13.5. The molecular formula is C18H27F2N. The number of rotatable bonds is 4. The molecule has 0 aliphatic heterocycles. The molecule has 0 amide bonds. The first kappa shape index (κ1) is 16.4. The number of aryl methyl sites for hydroxylation is 1. The molecule has 1 aromatic rings. The molecule has 1 aromatic carbocycles. The van der Waals surface area contributed by atoms with Gasteiger partial charge in [-0.25, -0.2) is 8.78 Å². The molecule has 1 saturated carbocycles. The van der Waals surface area contributed by atoms with E-state index in [1.54, 1.807) is 19.1 Å². The molecule has 1 fully saturated rings. The fourth-order valence-corrected chi connectivity index (χ4v) is 3.71. The lowest BCUT2D eigenvalue weighted by molar-refractivity contribution is 0.189. The second-order valence-corrected chi connectivity index (χ2v) is 6.84. The molecule has 0 heterocycles. The van der Waals surface area contributed by atoms with E-state index in [4.69, 9.17) is 0 Å². The summed E-state index contributed by atoms with van der Waals surface area (Å²) in [6, 6.07) is 3.51. The number of hydrogen-bond donors (Lipinski definition) is 1. The van der Waals surface area contributed by atoms with Gasteiger partial charge in [0.1, 0.15) is 0 Å². The van der Waals surface area contributed by atoms with Gasteiger partial charge in [-0.3, -0.25) is 0 Å². The van der Waals surface area contributed by atoms with E-state index in [1.165, 1.54) is 6.42 Å². The van der Waals surface area contributed by atoms with Crippen LogP contribution in [0.3, 0.4) is 0 Å². The molecule has 0 spiro atoms. The topological polar surface area (TPSA) is 12.0 Å². The SMILES string of the molecule is CNCC1CCC(C(C)C)CC1c1ccc(C)c(F)c1F. The van der Waals surface area contributed by atoms with Crippen LogP contribution >= 0.6 is 0 Å². The largest absolute Gasteiger partial charge is 0.319 e. The average Bonchev–Trinajstić information content (AvgIpc) is 2.46. The Morgan fingerprint density at radius 3 is 2.52 bits per heavy atom. The molecule has 2 rings (SSSR count). The van der Waals surface area contributed by atoms with Crippen molar-refractivity contribution < 1.29 is 8.78 Å². The molecule has 1 nitrogen and oxygen atoms in total. The average molecular weight is 295 g/mol. The van der Waals surface area contributed by atoms with Crippen LogP contribution in [0.4, 0.5) is 8.78 Å². The number of nitrogens with one attached hydrogen (secondary N) is 1. The highest BCUT2D eigenvalue weighted by Gasteiger charge is 2.34. The molecule has 0 radical (unpaired) electrons. The van der Waals surface area contributed by atoms with Crippen molar-refractivity contribution in [2.24, 2.45) is 17.8 Å². The van der Waals surface area contributed by atoms with Gasteiger partial charge < -0.3 is 5.32 Å². The van der Waals surface area contributed by atoms with Crippen molar-refractivity contribution in [3.8, 4) is 0 Å². The summed E-state index contributed by atoms with van der Waals surface area (Å²) in [6.45, 7) is 6.94. The summed E-state index contributed by atoms with van der Waals surface area (Å²) < 4.78 is 28.3. The van der Waals surface area contributed by atoms with E-state index < -0.39 is 11.6 Å². The molecule has 0 aromatic heterocycles. The Morgan fingerprint density at radius 1 is 1.19 bits per heavy atom. The van der Waals surface area contributed by atoms with Crippen LogP contribution in [0.25, 0.3) is 0 Å². The van der Waals surface area contributed by atoms with E-state index in [-0.39, 0.29) is 5.92 Å². The molecule has 1 aliphatic carbocycles. The van der Waals surface area contributed by atoms with Crippen LogP contribution in [-0.2, 0) is 0 Å². The van der Waals surface area contributed by atoms with Gasteiger partial charge in [0.05, 0.1) is 0 Å². The van der Waals surface area contributed by atoms with Crippen LogP contribution in [-0.4, -0.2) is 13.6 Å². The molecule has 21 heavy (non-hydrogen) atoms. The highest BCUT2D eigenvalue weighted by molar-refractivity contribution is 5.29. The Morgan fingerprint density at radius 2 is 1.90 bits per heavy atom. The van der Waals surface area contributed by atoms with E-state index in [0.29, 0.717) is 28.9 Å². The molecule has 3 unspecified atom stereocenters. The van der Waals surface area contributed by atoms with E-state index in [2.05, 4.69) is 19.2 Å². The minimum Gasteiger partial charge on any atom is -0.319 e. The van der Waals surface area contributed by atoms with Gasteiger partial charge in [-0.05, 0) is 74.6 Å². The lowest BCUT2D eigenvalue weighted by atomic mass is 9.68. The Bertz CT molecular complexity index is 484. The third-order valence-electron chi connectivity index (χ3n) is 5.15. The van der Waals surface area contributed by atoms with Crippen LogP contribution in [0.2, 0.25) is 0 Å². The highest BCUT2D eigenvalue weighted by Crippen LogP contribution is 2.44. The Balaban J connectivity index is 2.33. The fraction of sp³-hybridized carbons (Fsp3) is 0.667. The van der Waals surface area contributed by atoms with Crippen LogP contribution in [0, 0.1) is 36.3 Å². The summed E-state index contributed by atoms with van der Waals surface area (Å²) in [7, 11) is 1.93. The Labute approximate surface area is 127 Å². The summed E-state index contributed by atoms with van der Waals surface area (Å²) >= 11 is 0. The predicted molar refractivity (Wildman–Crippen MR) is 83.4 cm³/mol. The first-order chi connectivity index (χ1) is 9.95. The summed E-state index contributed by atoms with van der Waals surface area (Å²) in [5.41, 5.74) is 0.960. The van der Waals surface area contributed by atoms with Crippen LogP contribution < -0.4 is 5.32 Å². The number of benzene rings is 1. The smallest absolute Gasteiger partial charge is 0.162 e. The lowest BCUT2D eigenvalue weighted by Gasteiger charge is -2.38. The molecule has 1 N–H and O–H groups in total. The van der Waals surface area contributed by atoms with Crippen LogP contribution in [0.5, 0.6) is 0 Å². The predicted octanol–water partition coefficient (Wildman–Crippen LogP) is 4.65. The molecule has 0 saturated heterocycles. The van der Waals surface area contributed by atoms with Gasteiger partial charge in [0.2, 0.25) is 0 Å². The molecule has 3 heteroatoms. The second-order valence-electron chi connectivity index (χ2n) is 6.84. The maximum absolute atomic E-state index is 14.4. The minimum atomic E-state index is -0.678. The summed E-state index contributed by atoms with van der Waals surface area (Å²) in [6.07, 6.45) is 3.24. The van der Waals surface area contributed by atoms with Gasteiger partial charge >= 0.3 is 0 Å². The monoisotopic (exact) mass is 295 g/mol. The fourth-order valence-electron chi connectivity index (χ4n) is 3.71. The minimum absolute atomic E-state index is 0.119. The molecule has 118 valence electrons. The van der Waals surface area contributed by atoms with Gasteiger partial charge in [-0.1, -0.05) is 26.0 Å². The zero-order valence-corrected chi connectivity index (χ0v) is 13.5. The van der Waals surface area contributed by atoms with Gasteiger partial charge in [0, 0.05) is 0 Å². The second kappa shape index (κ2) is 6.87. The van der Waals surface area contributed by atoms with Crippen molar-refractivity contribution in [3.63, 3.8) is 0 Å². The third kappa shape index (κ3) is 3.45. The molecule has 0 bridgehead atoms. The molecule has 1 aliphatic rings. The lowest BCUT2D eigenvalue weighted by Crippen LogP contribution is -2.32. The maximum atomic E-state index is 14.4. The normalized spacial score (nSPS) is 26.3. The number of hydrogen-bond acceptors (Lipinski definition) is 1. The molecule has 3 atom stereocenters. The van der Waals surface area contributed by atoms with Crippen molar-refractivity contribution in [1.29, 1.82) is 0 Å². The quantitative estimate of drug-likeness (QED) is 0.852. The van der Waals surface area contributed by atoms with Crippen molar-refractivity contribution in [2.75, 3.05) is 13.6 Å². The van der Waals surface area contributed by atoms with Gasteiger partial charge in [0.25, 0.3) is 0 Å². The summed E-state index contributed by atoms with van der Waals surface area (Å²) in [5.74, 6) is 0.399. The van der Waals surface area contributed by atoms with E-state index in [0.717, 1.165) is 19.4 Å². The van der Waals surface area contributed by atoms with Crippen molar-refractivity contribution in [2.45, 2.75) is 46.0 Å². The third-order valence-corrected chi connectivity index (χ3v) is 5.15. The van der Waals surface area contributed by atoms with Crippen molar-refractivity contribution in [1.82, 2.24) is 5.32 Å². The molecular weight excluding hydrogens is 268 g/mol. The summed E-state index contributed by atoms with van der Waals surface area (Å²) in [4.78, 5) is 0. The van der Waals surface area contributed by atoms with Crippen LogP contribution in [0.15, 0.2) is 12.1 Å². The summed E-state index contributed by atoms with van der Waals surface area (Å²) in [5, 5.41) is 3.21. The first-order valence-electron chi connectivity index (χ1n) is 8.04. The van der Waals surface area contributed by atoms with E-state index in [9.17, 15) is 8.78 Å². The standard InChI is InChI=1S/C18H27F2N/c1-11(2)13-6-7-14(10-21-4)16(9-13)15-8-5-12(3)17(19)18(15)20/h5,8,11,13-14,16,21H,6-7,9-10H2,1-4H3. The Kier molecular flexibility index (Phi) is 5.37. The van der Waals surface area contributed by atoms with Gasteiger partial charge in [-0.2, -0.15) is 0 Å². The number of halogens is 2. The van der Waals surface area contributed by atoms with E-state index in [1.807, 2.05) is 7.05 Å². The Hall–Kier alpha value is -0.960. The van der Waals surface area contributed by atoms with Gasteiger partial charge in [0.15, 0.2) is 11.6 Å². The first-order valence-corrected chi connectivity index (χ1v) is 8.04. The zero-order chi connectivity index (χ0) is 15.6. The van der Waals surface area contributed by atoms with E-state index >= 15 is 0 Å². The van der Waals surface area contributed by atoms with Gasteiger partial charge in [-0.15, -0.1) is 0 Å². The van der Waals surface area contributed by atoms with Crippen molar-refractivity contribution >= 4 is 0 Å². The maximum Gasteiger partial charge on any atom is 0.162 e. The van der Waals surface area contributed by atoms with Crippen molar-refractivity contribution in [3.05, 3.63) is 34.9 Å².